The Morgan fingerprint density at radius 2 is 2.33 bits per heavy atom. The van der Waals surface area contributed by atoms with Crippen LogP contribution in [0.3, 0.4) is 0 Å². The average molecular weight is 306 g/mol. The first-order chi connectivity index (χ1) is 10.3. The van der Waals surface area contributed by atoms with Crippen LogP contribution in [0, 0.1) is 0 Å². The molecule has 1 atom stereocenters. The minimum absolute atomic E-state index is 0.249. The maximum absolute atomic E-state index is 5.45. The maximum Gasteiger partial charge on any atom is 0.231 e. The summed E-state index contributed by atoms with van der Waals surface area (Å²) >= 11 is 1.68. The van der Waals surface area contributed by atoms with Gasteiger partial charge in [-0.2, -0.15) is 0 Å². The van der Waals surface area contributed by atoms with Gasteiger partial charge in [0, 0.05) is 18.1 Å². The van der Waals surface area contributed by atoms with Gasteiger partial charge in [0.05, 0.1) is 13.2 Å². The zero-order valence-electron chi connectivity index (χ0n) is 12.1. The molecule has 0 bridgehead atoms. The van der Waals surface area contributed by atoms with E-state index in [4.69, 9.17) is 14.2 Å². The van der Waals surface area contributed by atoms with Crippen molar-refractivity contribution in [3.8, 4) is 17.2 Å². The predicted molar refractivity (Wildman–Crippen MR) is 81.1 cm³/mol. The van der Waals surface area contributed by atoms with Crippen LogP contribution in [0.2, 0.25) is 0 Å². The van der Waals surface area contributed by atoms with Crippen molar-refractivity contribution in [1.29, 1.82) is 0 Å². The monoisotopic (exact) mass is 306 g/mol. The van der Waals surface area contributed by atoms with Gasteiger partial charge in [-0.05, 0) is 24.1 Å². The first-order valence-corrected chi connectivity index (χ1v) is 7.79. The van der Waals surface area contributed by atoms with Crippen LogP contribution >= 0.6 is 11.3 Å². The van der Waals surface area contributed by atoms with Crippen molar-refractivity contribution < 1.29 is 14.2 Å². The van der Waals surface area contributed by atoms with E-state index in [-0.39, 0.29) is 12.8 Å². The van der Waals surface area contributed by atoms with E-state index in [1.807, 2.05) is 23.7 Å². The average Bonchev–Trinajstić information content (AvgIpc) is 3.18. The summed E-state index contributed by atoms with van der Waals surface area (Å²) < 4.78 is 16.2. The lowest BCUT2D eigenvalue weighted by atomic mass is 10.1. The lowest BCUT2D eigenvalue weighted by molar-refractivity contribution is 0.171. The molecule has 2 heterocycles. The summed E-state index contributed by atoms with van der Waals surface area (Å²) in [5, 5.41) is 6.65. The summed E-state index contributed by atoms with van der Waals surface area (Å²) in [4.78, 5) is 4.38. The van der Waals surface area contributed by atoms with Gasteiger partial charge in [-0.25, -0.2) is 4.98 Å². The second-order valence-corrected chi connectivity index (χ2v) is 5.67. The minimum atomic E-state index is 0.249. The zero-order chi connectivity index (χ0) is 14.7. The number of hydrogen-bond acceptors (Lipinski definition) is 6. The van der Waals surface area contributed by atoms with Crippen LogP contribution in [-0.4, -0.2) is 18.9 Å². The van der Waals surface area contributed by atoms with Crippen LogP contribution in [0.25, 0.3) is 0 Å². The number of nitrogens with zero attached hydrogens (tertiary/aromatic N) is 1. The molecule has 1 aromatic carbocycles. The fourth-order valence-corrected chi connectivity index (χ4v) is 3.14. The lowest BCUT2D eigenvalue weighted by Crippen LogP contribution is -2.20. The Kier molecular flexibility index (Phi) is 4.26. The van der Waals surface area contributed by atoms with E-state index in [9.17, 15) is 0 Å². The molecule has 3 rings (SSSR count). The highest BCUT2D eigenvalue weighted by molar-refractivity contribution is 7.09. The second kappa shape index (κ2) is 6.32. The molecule has 0 aliphatic carbocycles. The Morgan fingerprint density at radius 3 is 3.05 bits per heavy atom. The number of benzene rings is 1. The molecule has 6 heteroatoms. The molecule has 0 spiro atoms. The van der Waals surface area contributed by atoms with Gasteiger partial charge in [0.15, 0.2) is 11.5 Å². The third-order valence-corrected chi connectivity index (χ3v) is 4.32. The van der Waals surface area contributed by atoms with Crippen molar-refractivity contribution in [3.05, 3.63) is 34.3 Å². The van der Waals surface area contributed by atoms with Crippen molar-refractivity contribution in [2.24, 2.45) is 0 Å². The number of thiazole rings is 1. The van der Waals surface area contributed by atoms with Crippen LogP contribution in [-0.2, 0) is 6.54 Å². The van der Waals surface area contributed by atoms with Gasteiger partial charge in [0.1, 0.15) is 5.01 Å². The zero-order valence-corrected chi connectivity index (χ0v) is 12.9. The van der Waals surface area contributed by atoms with Gasteiger partial charge in [-0.3, -0.25) is 0 Å². The largest absolute Gasteiger partial charge is 0.493 e. The van der Waals surface area contributed by atoms with E-state index in [0.29, 0.717) is 11.5 Å². The molecule has 2 aromatic rings. The molecule has 0 amide bonds. The van der Waals surface area contributed by atoms with Crippen LogP contribution in [0.1, 0.15) is 30.0 Å². The van der Waals surface area contributed by atoms with Crippen molar-refractivity contribution in [3.63, 3.8) is 0 Å². The lowest BCUT2D eigenvalue weighted by Gasteiger charge is -2.15. The number of aromatic nitrogens is 1. The molecule has 5 nitrogen and oxygen atoms in total. The highest BCUT2D eigenvalue weighted by atomic mass is 32.1. The number of nitrogens with one attached hydrogen (secondary N) is 1. The third kappa shape index (κ3) is 2.96. The van der Waals surface area contributed by atoms with E-state index in [0.717, 1.165) is 29.3 Å². The topological polar surface area (TPSA) is 52.6 Å². The van der Waals surface area contributed by atoms with E-state index >= 15 is 0 Å². The normalized spacial score (nSPS) is 14.2. The summed E-state index contributed by atoms with van der Waals surface area (Å²) in [6.07, 6.45) is 2.84. The summed E-state index contributed by atoms with van der Waals surface area (Å²) in [5.41, 5.74) is 1.10. The van der Waals surface area contributed by atoms with E-state index < -0.39 is 0 Å². The van der Waals surface area contributed by atoms with E-state index in [1.165, 1.54) is 0 Å². The van der Waals surface area contributed by atoms with Crippen LogP contribution < -0.4 is 19.5 Å². The van der Waals surface area contributed by atoms with Crippen molar-refractivity contribution in [1.82, 2.24) is 10.3 Å². The van der Waals surface area contributed by atoms with E-state index in [1.54, 1.807) is 18.4 Å². The number of hydrogen-bond donors (Lipinski definition) is 1. The summed E-state index contributed by atoms with van der Waals surface area (Å²) in [6, 6.07) is 4.24. The molecule has 0 radical (unpaired) electrons. The van der Waals surface area contributed by atoms with Gasteiger partial charge in [0.25, 0.3) is 0 Å². The standard InChI is InChI=1S/C15H18N2O3S/c1-3-11(15-16-4-5-21-15)17-8-10-6-12(18-2)14-13(7-10)19-9-20-14/h4-7,11,17H,3,8-9H2,1-2H3. The molecule has 1 N–H and O–H groups in total. The molecule has 21 heavy (non-hydrogen) atoms. The smallest absolute Gasteiger partial charge is 0.231 e. The molecular weight excluding hydrogens is 288 g/mol. The summed E-state index contributed by atoms with van der Waals surface area (Å²) in [7, 11) is 1.64. The SMILES string of the molecule is CCC(NCc1cc(OC)c2c(c1)OCO2)c1nccs1. The van der Waals surface area contributed by atoms with Gasteiger partial charge in [-0.15, -0.1) is 11.3 Å². The third-order valence-electron chi connectivity index (χ3n) is 3.43. The molecule has 0 saturated heterocycles. The predicted octanol–water partition coefficient (Wildman–Crippen LogP) is 3.12. The minimum Gasteiger partial charge on any atom is -0.493 e. The molecule has 112 valence electrons. The first kappa shape index (κ1) is 14.2. The summed E-state index contributed by atoms with van der Waals surface area (Å²) in [6.45, 7) is 3.13. The highest BCUT2D eigenvalue weighted by Gasteiger charge is 2.20. The Bertz CT molecular complexity index is 601. The quantitative estimate of drug-likeness (QED) is 0.888. The molecule has 1 aromatic heterocycles. The second-order valence-electron chi connectivity index (χ2n) is 4.74. The van der Waals surface area contributed by atoms with Gasteiger partial charge in [-0.1, -0.05) is 6.92 Å². The fourth-order valence-electron chi connectivity index (χ4n) is 2.34. The number of rotatable bonds is 6. The molecule has 0 saturated carbocycles. The molecule has 1 aliphatic heterocycles. The number of methoxy groups -OCH3 is 1. The fraction of sp³-hybridized carbons (Fsp3) is 0.400. The van der Waals surface area contributed by atoms with Crippen molar-refractivity contribution >= 4 is 11.3 Å². The Labute approximate surface area is 127 Å². The van der Waals surface area contributed by atoms with Gasteiger partial charge < -0.3 is 19.5 Å². The highest BCUT2D eigenvalue weighted by Crippen LogP contribution is 2.41. The molecule has 0 fully saturated rings. The van der Waals surface area contributed by atoms with Crippen LogP contribution in [0.15, 0.2) is 23.7 Å². The molecule has 1 unspecified atom stereocenters. The molecular formula is C15H18N2O3S. The Hall–Kier alpha value is -1.79. The summed E-state index contributed by atoms with van der Waals surface area (Å²) in [5.74, 6) is 2.14. The van der Waals surface area contributed by atoms with Crippen LogP contribution in [0.4, 0.5) is 0 Å². The maximum atomic E-state index is 5.45. The number of ether oxygens (including phenoxy) is 3. The van der Waals surface area contributed by atoms with Crippen LogP contribution in [0.5, 0.6) is 17.2 Å². The Morgan fingerprint density at radius 1 is 1.43 bits per heavy atom. The van der Waals surface area contributed by atoms with E-state index in [2.05, 4.69) is 17.2 Å². The van der Waals surface area contributed by atoms with Gasteiger partial charge in [0.2, 0.25) is 12.5 Å². The van der Waals surface area contributed by atoms with Gasteiger partial charge >= 0.3 is 0 Å². The van der Waals surface area contributed by atoms with Crippen molar-refractivity contribution in [2.75, 3.05) is 13.9 Å². The Balaban J connectivity index is 1.73. The van der Waals surface area contributed by atoms with Crippen molar-refractivity contribution in [2.45, 2.75) is 25.9 Å². The number of fused-ring (bicyclic) bond motifs is 1. The first-order valence-electron chi connectivity index (χ1n) is 6.91. The molecule has 1 aliphatic rings.